The van der Waals surface area contributed by atoms with E-state index in [1.165, 1.54) is 6.42 Å². The second-order valence-corrected chi connectivity index (χ2v) is 7.17. The van der Waals surface area contributed by atoms with Crippen LogP contribution in [0.1, 0.15) is 43.6 Å². The van der Waals surface area contributed by atoms with E-state index in [1.807, 2.05) is 17.0 Å². The number of carbonyl (C=O) groups is 1. The van der Waals surface area contributed by atoms with Crippen LogP contribution in [0.3, 0.4) is 0 Å². The maximum Gasteiger partial charge on any atom is 0.246 e. The fourth-order valence-electron chi connectivity index (χ4n) is 3.68. The Balaban J connectivity index is 1.27. The topological polar surface area (TPSA) is 51.9 Å². The summed E-state index contributed by atoms with van der Waals surface area (Å²) in [6.07, 6.45) is 6.43. The van der Waals surface area contributed by atoms with Crippen molar-refractivity contribution in [1.29, 1.82) is 0 Å². The van der Waals surface area contributed by atoms with Crippen LogP contribution in [-0.2, 0) is 14.3 Å². The van der Waals surface area contributed by atoms with E-state index >= 15 is 0 Å². The molecule has 0 N–H and O–H groups in total. The molecular weight excluding hydrogens is 306 g/mol. The van der Waals surface area contributed by atoms with E-state index in [1.54, 1.807) is 12.2 Å². The highest BCUT2D eigenvalue weighted by Gasteiger charge is 2.36. The number of hydrogen-bond acceptors (Lipinski definition) is 4. The van der Waals surface area contributed by atoms with Crippen molar-refractivity contribution in [3.63, 3.8) is 0 Å². The predicted octanol–water partition coefficient (Wildman–Crippen LogP) is 3.03. The van der Waals surface area contributed by atoms with Gasteiger partial charge in [0.2, 0.25) is 5.91 Å². The van der Waals surface area contributed by atoms with E-state index in [9.17, 15) is 4.79 Å². The summed E-state index contributed by atoms with van der Waals surface area (Å²) in [5.74, 6) is 3.57. The molecule has 24 heavy (non-hydrogen) atoms. The van der Waals surface area contributed by atoms with Crippen LogP contribution in [0, 0.1) is 11.8 Å². The van der Waals surface area contributed by atoms with E-state index in [2.05, 4.69) is 6.92 Å². The number of nitrogens with zero attached hydrogens (tertiary/aromatic N) is 1. The summed E-state index contributed by atoms with van der Waals surface area (Å²) in [7, 11) is 0. The Morgan fingerprint density at radius 2 is 1.92 bits per heavy atom. The van der Waals surface area contributed by atoms with Gasteiger partial charge in [-0.05, 0) is 43.4 Å². The van der Waals surface area contributed by atoms with Crippen LogP contribution in [0.15, 0.2) is 22.6 Å². The van der Waals surface area contributed by atoms with Crippen molar-refractivity contribution in [2.45, 2.75) is 38.4 Å². The Morgan fingerprint density at radius 1 is 1.21 bits per heavy atom. The van der Waals surface area contributed by atoms with Gasteiger partial charge in [0.15, 0.2) is 6.29 Å². The molecular formula is C19H25NO4. The number of piperidine rings is 1. The molecule has 3 aliphatic rings. The van der Waals surface area contributed by atoms with Gasteiger partial charge in [0.05, 0.1) is 13.2 Å². The van der Waals surface area contributed by atoms with Gasteiger partial charge in [-0.2, -0.15) is 0 Å². The van der Waals surface area contributed by atoms with Gasteiger partial charge in [0.1, 0.15) is 11.5 Å². The molecule has 5 heteroatoms. The average Bonchev–Trinajstić information content (AvgIpc) is 3.04. The highest BCUT2D eigenvalue weighted by Crippen LogP contribution is 2.47. The minimum Gasteiger partial charge on any atom is -0.461 e. The molecule has 3 fully saturated rings. The molecule has 2 aliphatic heterocycles. The molecule has 5 nitrogen and oxygen atoms in total. The lowest BCUT2D eigenvalue weighted by atomic mass is 9.96. The molecule has 4 rings (SSSR count). The van der Waals surface area contributed by atoms with Crippen LogP contribution < -0.4 is 0 Å². The maximum atomic E-state index is 12.3. The summed E-state index contributed by atoms with van der Waals surface area (Å²) in [5.41, 5.74) is 0. The highest BCUT2D eigenvalue weighted by atomic mass is 16.7. The average molecular weight is 331 g/mol. The molecule has 2 atom stereocenters. The van der Waals surface area contributed by atoms with Gasteiger partial charge in [-0.25, -0.2) is 0 Å². The molecule has 1 saturated carbocycles. The van der Waals surface area contributed by atoms with Crippen LogP contribution in [0.4, 0.5) is 0 Å². The van der Waals surface area contributed by atoms with E-state index < -0.39 is 0 Å². The molecule has 1 amide bonds. The minimum atomic E-state index is -0.0656. The quantitative estimate of drug-likeness (QED) is 0.796. The molecule has 2 unspecified atom stereocenters. The van der Waals surface area contributed by atoms with E-state index in [-0.39, 0.29) is 12.2 Å². The summed E-state index contributed by atoms with van der Waals surface area (Å²) in [5, 5.41) is 0. The molecule has 1 aromatic rings. The fraction of sp³-hybridized carbons (Fsp3) is 0.632. The molecule has 0 bridgehead atoms. The number of likely N-dealkylation sites (tertiary alicyclic amines) is 1. The second-order valence-electron chi connectivity index (χ2n) is 7.17. The van der Waals surface area contributed by atoms with E-state index in [4.69, 9.17) is 13.9 Å². The van der Waals surface area contributed by atoms with Crippen LogP contribution in [0.2, 0.25) is 0 Å². The van der Waals surface area contributed by atoms with Crippen molar-refractivity contribution in [3.8, 4) is 0 Å². The molecule has 3 heterocycles. The molecule has 0 spiro atoms. The number of amides is 1. The van der Waals surface area contributed by atoms with Crippen molar-refractivity contribution in [1.82, 2.24) is 4.90 Å². The summed E-state index contributed by atoms with van der Waals surface area (Å²) in [6.45, 7) is 5.15. The molecule has 2 saturated heterocycles. The molecule has 1 aliphatic carbocycles. The van der Waals surface area contributed by atoms with Crippen molar-refractivity contribution in [2.75, 3.05) is 26.3 Å². The Kier molecular flexibility index (Phi) is 4.46. The zero-order valence-electron chi connectivity index (χ0n) is 14.1. The first-order valence-corrected chi connectivity index (χ1v) is 9.00. The van der Waals surface area contributed by atoms with Gasteiger partial charge in [0, 0.05) is 31.0 Å². The zero-order valence-corrected chi connectivity index (χ0v) is 14.1. The Morgan fingerprint density at radius 3 is 2.58 bits per heavy atom. The summed E-state index contributed by atoms with van der Waals surface area (Å²) in [6, 6.07) is 3.98. The van der Waals surface area contributed by atoms with Gasteiger partial charge in [-0.3, -0.25) is 4.79 Å². The third-order valence-corrected chi connectivity index (χ3v) is 5.40. The number of carbonyl (C=O) groups excluding carboxylic acids is 1. The third-order valence-electron chi connectivity index (χ3n) is 5.40. The largest absolute Gasteiger partial charge is 0.461 e. The predicted molar refractivity (Wildman–Crippen MR) is 89.3 cm³/mol. The van der Waals surface area contributed by atoms with Gasteiger partial charge in [-0.1, -0.05) is 6.92 Å². The normalized spacial score (nSPS) is 28.8. The van der Waals surface area contributed by atoms with Gasteiger partial charge in [-0.15, -0.1) is 0 Å². The first-order chi connectivity index (χ1) is 11.7. The van der Waals surface area contributed by atoms with Gasteiger partial charge in [0.25, 0.3) is 0 Å². The summed E-state index contributed by atoms with van der Waals surface area (Å²) in [4.78, 5) is 14.2. The summed E-state index contributed by atoms with van der Waals surface area (Å²) < 4.78 is 17.0. The monoisotopic (exact) mass is 331 g/mol. The van der Waals surface area contributed by atoms with Crippen molar-refractivity contribution < 1.29 is 18.7 Å². The maximum absolute atomic E-state index is 12.3. The van der Waals surface area contributed by atoms with E-state index in [0.29, 0.717) is 25.0 Å². The van der Waals surface area contributed by atoms with Crippen LogP contribution >= 0.6 is 0 Å². The first kappa shape index (κ1) is 15.9. The Bertz CT molecular complexity index is 609. The van der Waals surface area contributed by atoms with Crippen molar-refractivity contribution in [3.05, 3.63) is 29.7 Å². The van der Waals surface area contributed by atoms with Gasteiger partial charge >= 0.3 is 0 Å². The number of furan rings is 1. The van der Waals surface area contributed by atoms with Crippen molar-refractivity contribution >= 4 is 12.0 Å². The molecule has 0 aromatic carbocycles. The standard InChI is InChI=1S/C19H25NO4/c1-13-12-16(13)17-4-2-15(24-17)3-5-18(21)20-8-6-14(7-9-20)19-22-10-11-23-19/h2-5,13-14,16,19H,6-12H2,1H3/b5-3+. The molecule has 1 aromatic heterocycles. The third kappa shape index (κ3) is 3.42. The number of hydrogen-bond donors (Lipinski definition) is 0. The fourth-order valence-corrected chi connectivity index (χ4v) is 3.68. The molecule has 0 radical (unpaired) electrons. The highest BCUT2D eigenvalue weighted by molar-refractivity contribution is 5.91. The summed E-state index contributed by atoms with van der Waals surface area (Å²) >= 11 is 0. The smallest absolute Gasteiger partial charge is 0.246 e. The second kappa shape index (κ2) is 6.73. The van der Waals surface area contributed by atoms with E-state index in [0.717, 1.165) is 43.4 Å². The number of ether oxygens (including phenoxy) is 2. The lowest BCUT2D eigenvalue weighted by molar-refractivity contribution is -0.131. The SMILES string of the molecule is CC1CC1c1ccc(/C=C/C(=O)N2CCC(C3OCCO3)CC2)o1. The van der Waals surface area contributed by atoms with Crippen LogP contribution in [0.5, 0.6) is 0 Å². The van der Waals surface area contributed by atoms with Crippen LogP contribution in [-0.4, -0.2) is 43.4 Å². The van der Waals surface area contributed by atoms with Gasteiger partial charge < -0.3 is 18.8 Å². The Hall–Kier alpha value is -1.59. The first-order valence-electron chi connectivity index (χ1n) is 9.00. The zero-order chi connectivity index (χ0) is 16.5. The minimum absolute atomic E-state index is 0.0550. The lowest BCUT2D eigenvalue weighted by Gasteiger charge is -2.33. The Labute approximate surface area is 142 Å². The molecule has 130 valence electrons. The van der Waals surface area contributed by atoms with Crippen molar-refractivity contribution in [2.24, 2.45) is 11.8 Å². The lowest BCUT2D eigenvalue weighted by Crippen LogP contribution is -2.40. The van der Waals surface area contributed by atoms with Crippen LogP contribution in [0.25, 0.3) is 6.08 Å². The number of rotatable bonds is 4.